The van der Waals surface area contributed by atoms with Gasteiger partial charge in [-0.1, -0.05) is 24.3 Å². The SMILES string of the molecule is COc1ccc(CN(CC(O)CN2C(=O)c3ccccc3C2=O)C2CC2)cc1. The molecule has 0 radical (unpaired) electrons. The first kappa shape index (κ1) is 18.7. The number of imide groups is 1. The molecular formula is C22H24N2O4. The van der Waals surface area contributed by atoms with Crippen LogP contribution in [0.4, 0.5) is 0 Å². The smallest absolute Gasteiger partial charge is 0.261 e. The molecule has 6 heteroatoms. The summed E-state index contributed by atoms with van der Waals surface area (Å²) < 4.78 is 5.20. The van der Waals surface area contributed by atoms with E-state index in [0.717, 1.165) is 29.1 Å². The lowest BCUT2D eigenvalue weighted by atomic mass is 10.1. The average molecular weight is 380 g/mol. The van der Waals surface area contributed by atoms with E-state index in [1.165, 1.54) is 0 Å². The number of ether oxygens (including phenoxy) is 1. The van der Waals surface area contributed by atoms with E-state index < -0.39 is 6.10 Å². The molecule has 2 aromatic rings. The Balaban J connectivity index is 1.39. The molecule has 1 atom stereocenters. The summed E-state index contributed by atoms with van der Waals surface area (Å²) in [4.78, 5) is 28.4. The van der Waals surface area contributed by atoms with E-state index in [1.54, 1.807) is 31.4 Å². The van der Waals surface area contributed by atoms with Crippen molar-refractivity contribution < 1.29 is 19.4 Å². The predicted molar refractivity (Wildman–Crippen MR) is 104 cm³/mol. The number of benzene rings is 2. The van der Waals surface area contributed by atoms with Gasteiger partial charge in [0, 0.05) is 19.1 Å². The third-order valence-electron chi connectivity index (χ3n) is 5.32. The number of amides is 2. The molecule has 1 N–H and O–H groups in total. The fourth-order valence-electron chi connectivity index (χ4n) is 3.69. The van der Waals surface area contributed by atoms with Crippen LogP contribution in [-0.4, -0.2) is 59.1 Å². The van der Waals surface area contributed by atoms with E-state index in [-0.39, 0.29) is 18.4 Å². The number of nitrogens with zero attached hydrogens (tertiary/aromatic N) is 2. The Labute approximate surface area is 164 Å². The second-order valence-corrected chi connectivity index (χ2v) is 7.43. The van der Waals surface area contributed by atoms with E-state index in [4.69, 9.17) is 4.74 Å². The van der Waals surface area contributed by atoms with Crippen molar-refractivity contribution in [1.29, 1.82) is 0 Å². The minimum absolute atomic E-state index is 0.0121. The largest absolute Gasteiger partial charge is 0.497 e. The van der Waals surface area contributed by atoms with E-state index >= 15 is 0 Å². The third kappa shape index (κ3) is 3.79. The number of carbonyl (C=O) groups excluding carboxylic acids is 2. The van der Waals surface area contributed by atoms with Crippen molar-refractivity contribution in [3.8, 4) is 5.75 Å². The zero-order valence-electron chi connectivity index (χ0n) is 15.9. The summed E-state index contributed by atoms with van der Waals surface area (Å²) in [6.45, 7) is 1.15. The highest BCUT2D eigenvalue weighted by Crippen LogP contribution is 2.29. The molecule has 4 rings (SSSR count). The number of carbonyl (C=O) groups is 2. The number of aliphatic hydroxyl groups excluding tert-OH is 1. The number of rotatable bonds is 8. The molecule has 6 nitrogen and oxygen atoms in total. The number of hydrogen-bond acceptors (Lipinski definition) is 5. The lowest BCUT2D eigenvalue weighted by Crippen LogP contribution is -2.43. The number of hydrogen-bond donors (Lipinski definition) is 1. The first-order valence-corrected chi connectivity index (χ1v) is 9.57. The van der Waals surface area contributed by atoms with E-state index in [9.17, 15) is 14.7 Å². The van der Waals surface area contributed by atoms with Gasteiger partial charge in [-0.3, -0.25) is 19.4 Å². The van der Waals surface area contributed by atoms with E-state index in [1.807, 2.05) is 24.3 Å². The maximum atomic E-state index is 12.5. The molecule has 0 saturated heterocycles. The van der Waals surface area contributed by atoms with Crippen LogP contribution in [0.15, 0.2) is 48.5 Å². The zero-order valence-corrected chi connectivity index (χ0v) is 15.9. The lowest BCUT2D eigenvalue weighted by Gasteiger charge is -2.27. The van der Waals surface area contributed by atoms with Gasteiger partial charge in [0.2, 0.25) is 0 Å². The Morgan fingerprint density at radius 2 is 1.68 bits per heavy atom. The Morgan fingerprint density at radius 1 is 1.07 bits per heavy atom. The highest BCUT2D eigenvalue weighted by Gasteiger charge is 2.37. The highest BCUT2D eigenvalue weighted by molar-refractivity contribution is 6.21. The molecule has 0 bridgehead atoms. The minimum atomic E-state index is -0.791. The summed E-state index contributed by atoms with van der Waals surface area (Å²) >= 11 is 0. The van der Waals surface area contributed by atoms with Crippen LogP contribution in [0.3, 0.4) is 0 Å². The minimum Gasteiger partial charge on any atom is -0.497 e. The maximum Gasteiger partial charge on any atom is 0.261 e. The first-order chi connectivity index (χ1) is 13.6. The van der Waals surface area contributed by atoms with Crippen LogP contribution in [0.25, 0.3) is 0 Å². The number of methoxy groups -OCH3 is 1. The average Bonchev–Trinajstić information content (AvgIpc) is 3.53. The van der Waals surface area contributed by atoms with Crippen LogP contribution in [0.5, 0.6) is 5.75 Å². The number of aliphatic hydroxyl groups is 1. The van der Waals surface area contributed by atoms with Crippen LogP contribution < -0.4 is 4.74 Å². The second kappa shape index (κ2) is 7.73. The molecule has 0 spiro atoms. The molecular weight excluding hydrogens is 356 g/mol. The summed E-state index contributed by atoms with van der Waals surface area (Å²) in [6.07, 6.45) is 1.42. The van der Waals surface area contributed by atoms with Crippen LogP contribution in [0.1, 0.15) is 39.1 Å². The molecule has 2 aromatic carbocycles. The predicted octanol–water partition coefficient (Wildman–Crippen LogP) is 2.32. The van der Waals surface area contributed by atoms with Crippen molar-refractivity contribution in [2.75, 3.05) is 20.2 Å². The van der Waals surface area contributed by atoms with Gasteiger partial charge in [0.1, 0.15) is 5.75 Å². The first-order valence-electron chi connectivity index (χ1n) is 9.57. The van der Waals surface area contributed by atoms with Crippen molar-refractivity contribution in [3.05, 3.63) is 65.2 Å². The molecule has 2 aliphatic rings. The molecule has 2 amide bonds. The highest BCUT2D eigenvalue weighted by atomic mass is 16.5. The van der Waals surface area contributed by atoms with Gasteiger partial charge in [-0.25, -0.2) is 0 Å². The zero-order chi connectivity index (χ0) is 19.7. The van der Waals surface area contributed by atoms with Gasteiger partial charge in [0.05, 0.1) is 30.9 Å². The molecule has 1 heterocycles. The fraction of sp³-hybridized carbons (Fsp3) is 0.364. The van der Waals surface area contributed by atoms with Crippen LogP contribution >= 0.6 is 0 Å². The molecule has 1 fully saturated rings. The number of β-amino-alcohol motifs (C(OH)–C–C–N with tert-alkyl or cyclic N) is 1. The van der Waals surface area contributed by atoms with Crippen LogP contribution in [-0.2, 0) is 6.54 Å². The topological polar surface area (TPSA) is 70.1 Å². The number of fused-ring (bicyclic) bond motifs is 1. The second-order valence-electron chi connectivity index (χ2n) is 7.43. The molecule has 146 valence electrons. The molecule has 1 aliphatic heterocycles. The fourth-order valence-corrected chi connectivity index (χ4v) is 3.69. The molecule has 1 unspecified atom stereocenters. The Hall–Kier alpha value is -2.70. The van der Waals surface area contributed by atoms with Gasteiger partial charge >= 0.3 is 0 Å². The van der Waals surface area contributed by atoms with E-state index in [0.29, 0.717) is 30.3 Å². The summed E-state index contributed by atoms with van der Waals surface area (Å²) in [6, 6.07) is 15.1. The summed E-state index contributed by atoms with van der Waals surface area (Å²) in [7, 11) is 1.64. The van der Waals surface area contributed by atoms with E-state index in [2.05, 4.69) is 4.90 Å². The lowest BCUT2D eigenvalue weighted by molar-refractivity contribution is 0.0458. The van der Waals surface area contributed by atoms with Crippen molar-refractivity contribution in [2.45, 2.75) is 31.5 Å². The van der Waals surface area contributed by atoms with Gasteiger partial charge < -0.3 is 9.84 Å². The Kier molecular flexibility index (Phi) is 5.15. The van der Waals surface area contributed by atoms with Gasteiger partial charge in [-0.05, 0) is 42.7 Å². The third-order valence-corrected chi connectivity index (χ3v) is 5.32. The van der Waals surface area contributed by atoms with Gasteiger partial charge in [-0.2, -0.15) is 0 Å². The molecule has 1 saturated carbocycles. The van der Waals surface area contributed by atoms with Crippen molar-refractivity contribution >= 4 is 11.8 Å². The standard InChI is InChI=1S/C22H24N2O4/c1-28-18-10-6-15(7-11-18)12-23(16-8-9-16)13-17(25)14-24-21(26)19-4-2-3-5-20(19)22(24)27/h2-7,10-11,16-17,25H,8-9,12-14H2,1H3. The Morgan fingerprint density at radius 3 is 2.21 bits per heavy atom. The van der Waals surface area contributed by atoms with Gasteiger partial charge in [0.25, 0.3) is 11.8 Å². The summed E-state index contributed by atoms with van der Waals surface area (Å²) in [5.74, 6) is 0.160. The van der Waals surface area contributed by atoms with Gasteiger partial charge in [0.15, 0.2) is 0 Å². The van der Waals surface area contributed by atoms with Gasteiger partial charge in [-0.15, -0.1) is 0 Å². The van der Waals surface area contributed by atoms with Crippen molar-refractivity contribution in [2.24, 2.45) is 0 Å². The Bertz CT molecular complexity index is 841. The van der Waals surface area contributed by atoms with Crippen molar-refractivity contribution in [3.63, 3.8) is 0 Å². The normalized spacial score (nSPS) is 17.2. The van der Waals surface area contributed by atoms with Crippen LogP contribution in [0.2, 0.25) is 0 Å². The molecule has 0 aromatic heterocycles. The summed E-state index contributed by atoms with van der Waals surface area (Å²) in [5, 5.41) is 10.6. The monoisotopic (exact) mass is 380 g/mol. The summed E-state index contributed by atoms with van der Waals surface area (Å²) in [5.41, 5.74) is 1.97. The van der Waals surface area contributed by atoms with Crippen molar-refractivity contribution in [1.82, 2.24) is 9.80 Å². The quantitative estimate of drug-likeness (QED) is 0.712. The molecule has 28 heavy (non-hydrogen) atoms. The molecule has 1 aliphatic carbocycles. The van der Waals surface area contributed by atoms with Crippen LogP contribution in [0, 0.1) is 0 Å². The maximum absolute atomic E-state index is 12.5.